The number of carboxylic acid groups (broad SMARTS) is 1. The molecule has 0 aromatic carbocycles. The number of hydrogen-bond donors (Lipinski definition) is 2. The Kier molecular flexibility index (Phi) is 4.49. The maximum Gasteiger partial charge on any atom is 0.365 e. The predicted molar refractivity (Wildman–Crippen MR) is 71.6 cm³/mol. The van der Waals surface area contributed by atoms with Crippen LogP contribution in [0.3, 0.4) is 0 Å². The van der Waals surface area contributed by atoms with E-state index < -0.39 is 5.97 Å². The number of carbonyl (C=O) groups excluding carboxylic acids is 1. The lowest BCUT2D eigenvalue weighted by molar-refractivity contribution is 0.0696. The van der Waals surface area contributed by atoms with Crippen molar-refractivity contribution in [2.75, 3.05) is 26.7 Å². The van der Waals surface area contributed by atoms with Crippen molar-refractivity contribution in [3.8, 4) is 0 Å². The number of carbonyl (C=O) groups is 2. The number of rotatable bonds is 4. The van der Waals surface area contributed by atoms with Crippen LogP contribution in [0.15, 0.2) is 6.20 Å². The Morgan fingerprint density at radius 2 is 2.21 bits per heavy atom. The molecule has 0 aliphatic carbocycles. The Labute approximate surface area is 115 Å². The van der Waals surface area contributed by atoms with E-state index in [-0.39, 0.29) is 10.9 Å². The number of amides is 1. The summed E-state index contributed by atoms with van der Waals surface area (Å²) >= 11 is 0.905. The Morgan fingerprint density at radius 1 is 1.53 bits per heavy atom. The van der Waals surface area contributed by atoms with Crippen LogP contribution in [0, 0.1) is 5.92 Å². The largest absolute Gasteiger partial charge is 0.476 e. The first-order valence-corrected chi connectivity index (χ1v) is 7.04. The summed E-state index contributed by atoms with van der Waals surface area (Å²) < 4.78 is 0. The van der Waals surface area contributed by atoms with Crippen LogP contribution >= 0.6 is 11.3 Å². The van der Waals surface area contributed by atoms with Crippen molar-refractivity contribution in [1.29, 1.82) is 0 Å². The highest BCUT2D eigenvalue weighted by Gasteiger charge is 2.19. The van der Waals surface area contributed by atoms with Crippen molar-refractivity contribution in [3.05, 3.63) is 16.1 Å². The number of aromatic nitrogens is 1. The quantitative estimate of drug-likeness (QED) is 0.858. The van der Waals surface area contributed by atoms with Crippen LogP contribution in [0.1, 0.15) is 32.3 Å². The average Bonchev–Trinajstić information content (AvgIpc) is 2.87. The molecule has 2 N–H and O–H groups in total. The number of aromatic carboxylic acids is 1. The van der Waals surface area contributed by atoms with Gasteiger partial charge in [-0.2, -0.15) is 0 Å². The summed E-state index contributed by atoms with van der Waals surface area (Å²) in [6, 6.07) is 0. The molecule has 1 aromatic rings. The van der Waals surface area contributed by atoms with Crippen molar-refractivity contribution in [1.82, 2.24) is 15.2 Å². The molecule has 1 aliphatic heterocycles. The number of thiazole rings is 1. The summed E-state index contributed by atoms with van der Waals surface area (Å²) in [5, 5.41) is 11.6. The zero-order chi connectivity index (χ0) is 13.8. The second kappa shape index (κ2) is 6.12. The van der Waals surface area contributed by atoms with E-state index in [4.69, 9.17) is 5.11 Å². The van der Waals surface area contributed by atoms with Gasteiger partial charge in [0.1, 0.15) is 4.88 Å². The van der Waals surface area contributed by atoms with Crippen LogP contribution in [0.5, 0.6) is 0 Å². The minimum absolute atomic E-state index is 0.0514. The van der Waals surface area contributed by atoms with Gasteiger partial charge in [-0.15, -0.1) is 11.3 Å². The molecule has 2 heterocycles. The first kappa shape index (κ1) is 14.0. The summed E-state index contributed by atoms with van der Waals surface area (Å²) in [5.41, 5.74) is 0. The molecule has 1 saturated heterocycles. The van der Waals surface area contributed by atoms with Gasteiger partial charge in [0.2, 0.25) is 5.01 Å². The van der Waals surface area contributed by atoms with E-state index in [1.54, 1.807) is 0 Å². The molecular formula is C12H17N3O3S. The van der Waals surface area contributed by atoms with E-state index in [1.807, 2.05) is 0 Å². The SMILES string of the molecule is CN1CCC(CNC(=O)c2cnc(C(=O)O)s2)CC1. The Morgan fingerprint density at radius 3 is 2.79 bits per heavy atom. The fraction of sp³-hybridized carbons (Fsp3) is 0.583. The molecule has 0 saturated carbocycles. The molecule has 0 bridgehead atoms. The number of carboxylic acids is 1. The smallest absolute Gasteiger partial charge is 0.365 e. The van der Waals surface area contributed by atoms with Crippen LogP contribution in [0.2, 0.25) is 0 Å². The number of likely N-dealkylation sites (tertiary alicyclic amines) is 1. The normalized spacial score (nSPS) is 17.3. The Bertz CT molecular complexity index is 467. The van der Waals surface area contributed by atoms with Gasteiger partial charge in [0, 0.05) is 6.54 Å². The third-order valence-corrected chi connectivity index (χ3v) is 4.29. The third-order valence-electron chi connectivity index (χ3n) is 3.30. The molecule has 0 radical (unpaired) electrons. The molecule has 7 heteroatoms. The van der Waals surface area contributed by atoms with Crippen molar-refractivity contribution < 1.29 is 14.7 Å². The number of nitrogens with zero attached hydrogens (tertiary/aromatic N) is 2. The maximum absolute atomic E-state index is 11.8. The van der Waals surface area contributed by atoms with Crippen LogP contribution in [-0.2, 0) is 0 Å². The standard InChI is InChI=1S/C12H17N3O3S/c1-15-4-2-8(3-5-15)6-13-10(16)9-7-14-11(19-9)12(17)18/h7-8H,2-6H2,1H3,(H,13,16)(H,17,18). The van der Waals surface area contributed by atoms with Crippen molar-refractivity contribution in [2.24, 2.45) is 5.92 Å². The highest BCUT2D eigenvalue weighted by Crippen LogP contribution is 2.16. The van der Waals surface area contributed by atoms with Gasteiger partial charge < -0.3 is 15.3 Å². The lowest BCUT2D eigenvalue weighted by atomic mass is 9.97. The van der Waals surface area contributed by atoms with Crippen molar-refractivity contribution in [3.63, 3.8) is 0 Å². The van der Waals surface area contributed by atoms with Gasteiger partial charge in [-0.1, -0.05) is 0 Å². The topological polar surface area (TPSA) is 82.5 Å². The maximum atomic E-state index is 11.8. The summed E-state index contributed by atoms with van der Waals surface area (Å²) in [5.74, 6) is -0.824. The zero-order valence-electron chi connectivity index (χ0n) is 10.8. The Hall–Kier alpha value is -1.47. The summed E-state index contributed by atoms with van der Waals surface area (Å²) in [4.78, 5) is 28.9. The van der Waals surface area contributed by atoms with E-state index >= 15 is 0 Å². The lowest BCUT2D eigenvalue weighted by Gasteiger charge is -2.28. The molecule has 2 rings (SSSR count). The molecule has 104 valence electrons. The van der Waals surface area contributed by atoms with Crippen molar-refractivity contribution >= 4 is 23.2 Å². The molecular weight excluding hydrogens is 266 g/mol. The molecule has 1 aromatic heterocycles. The second-order valence-corrected chi connectivity index (χ2v) is 5.82. The van der Waals surface area contributed by atoms with Crippen LogP contribution in [0.25, 0.3) is 0 Å². The molecule has 1 amide bonds. The summed E-state index contributed by atoms with van der Waals surface area (Å²) in [7, 11) is 2.10. The average molecular weight is 283 g/mol. The van der Waals surface area contributed by atoms with Crippen LogP contribution in [0.4, 0.5) is 0 Å². The van der Waals surface area contributed by atoms with Gasteiger partial charge in [-0.3, -0.25) is 4.79 Å². The second-order valence-electron chi connectivity index (χ2n) is 4.79. The highest BCUT2D eigenvalue weighted by atomic mass is 32.1. The van der Waals surface area contributed by atoms with Gasteiger partial charge in [0.15, 0.2) is 0 Å². The Balaban J connectivity index is 1.82. The number of piperidine rings is 1. The van der Waals surface area contributed by atoms with Crippen molar-refractivity contribution in [2.45, 2.75) is 12.8 Å². The molecule has 0 spiro atoms. The monoisotopic (exact) mass is 283 g/mol. The summed E-state index contributed by atoms with van der Waals surface area (Å²) in [6.07, 6.45) is 3.48. The zero-order valence-corrected chi connectivity index (χ0v) is 11.6. The van der Waals surface area contributed by atoms with E-state index in [2.05, 4.69) is 22.2 Å². The van der Waals surface area contributed by atoms with E-state index in [0.717, 1.165) is 37.3 Å². The molecule has 1 fully saturated rings. The summed E-state index contributed by atoms with van der Waals surface area (Å²) in [6.45, 7) is 2.77. The van der Waals surface area contributed by atoms with E-state index in [9.17, 15) is 9.59 Å². The highest BCUT2D eigenvalue weighted by molar-refractivity contribution is 7.15. The minimum atomic E-state index is -1.10. The minimum Gasteiger partial charge on any atom is -0.476 e. The van der Waals surface area contributed by atoms with Gasteiger partial charge >= 0.3 is 5.97 Å². The molecule has 6 nitrogen and oxygen atoms in total. The third kappa shape index (κ3) is 3.74. The lowest BCUT2D eigenvalue weighted by Crippen LogP contribution is -2.36. The van der Waals surface area contributed by atoms with Gasteiger partial charge in [-0.05, 0) is 38.9 Å². The van der Waals surface area contributed by atoms with Gasteiger partial charge in [0.05, 0.1) is 6.20 Å². The molecule has 0 atom stereocenters. The molecule has 1 aliphatic rings. The van der Waals surface area contributed by atoms with Gasteiger partial charge in [-0.25, -0.2) is 9.78 Å². The van der Waals surface area contributed by atoms with E-state index in [1.165, 1.54) is 6.20 Å². The van der Waals surface area contributed by atoms with Crippen LogP contribution in [-0.4, -0.2) is 53.5 Å². The first-order valence-electron chi connectivity index (χ1n) is 6.22. The van der Waals surface area contributed by atoms with Gasteiger partial charge in [0.25, 0.3) is 5.91 Å². The first-order chi connectivity index (χ1) is 9.06. The van der Waals surface area contributed by atoms with Crippen LogP contribution < -0.4 is 5.32 Å². The predicted octanol–water partition coefficient (Wildman–Crippen LogP) is 0.913. The van der Waals surface area contributed by atoms with E-state index in [0.29, 0.717) is 17.3 Å². The molecule has 0 unspecified atom stereocenters. The number of hydrogen-bond acceptors (Lipinski definition) is 5. The molecule has 19 heavy (non-hydrogen) atoms. The fourth-order valence-electron chi connectivity index (χ4n) is 2.07. The fourth-order valence-corrected chi connectivity index (χ4v) is 2.74. The number of nitrogens with one attached hydrogen (secondary N) is 1.